The van der Waals surface area contributed by atoms with Crippen molar-refractivity contribution in [1.82, 2.24) is 10.7 Å². The monoisotopic (exact) mass is 220 g/mol. The fraction of sp³-hybridized carbons (Fsp3) is 0.500. The zero-order valence-corrected chi connectivity index (χ0v) is 9.74. The molecule has 0 aliphatic carbocycles. The molecule has 0 spiro atoms. The highest BCUT2D eigenvalue weighted by atomic mass is 15.2. The molecule has 1 aliphatic rings. The van der Waals surface area contributed by atoms with Gasteiger partial charge in [-0.3, -0.25) is 11.3 Å². The zero-order chi connectivity index (χ0) is 11.4. The van der Waals surface area contributed by atoms with Crippen molar-refractivity contribution in [3.63, 3.8) is 0 Å². The molecule has 1 aliphatic heterocycles. The topological polar surface area (TPSA) is 53.3 Å². The molecule has 16 heavy (non-hydrogen) atoms. The molecule has 0 radical (unpaired) electrons. The quantitative estimate of drug-likeness (QED) is 0.516. The van der Waals surface area contributed by atoms with Crippen molar-refractivity contribution >= 4 is 5.69 Å². The molecule has 0 amide bonds. The molecule has 0 unspecified atom stereocenters. The lowest BCUT2D eigenvalue weighted by Crippen LogP contribution is -2.43. The van der Waals surface area contributed by atoms with Crippen LogP contribution in [0.1, 0.15) is 18.5 Å². The van der Waals surface area contributed by atoms with E-state index in [9.17, 15) is 0 Å². The van der Waals surface area contributed by atoms with Crippen molar-refractivity contribution in [1.29, 1.82) is 0 Å². The third-order valence-corrected chi connectivity index (χ3v) is 3.13. The Bertz CT molecular complexity index is 316. The second kappa shape index (κ2) is 5.30. The fourth-order valence-corrected chi connectivity index (χ4v) is 1.99. The van der Waals surface area contributed by atoms with E-state index in [4.69, 9.17) is 5.84 Å². The van der Waals surface area contributed by atoms with E-state index < -0.39 is 0 Å². The molecule has 0 bridgehead atoms. The molecule has 4 heteroatoms. The molecule has 1 heterocycles. The SMILES string of the molecule is C[C@H](NN)c1ccc(N2CCNCC2)cc1. The molecule has 88 valence electrons. The molecule has 1 saturated heterocycles. The normalized spacial score (nSPS) is 18.5. The van der Waals surface area contributed by atoms with Crippen LogP contribution in [0.2, 0.25) is 0 Å². The lowest BCUT2D eigenvalue weighted by atomic mass is 10.1. The van der Waals surface area contributed by atoms with Crippen LogP contribution in [-0.2, 0) is 0 Å². The molecule has 4 N–H and O–H groups in total. The molecule has 2 rings (SSSR count). The van der Waals surface area contributed by atoms with Gasteiger partial charge in [0.15, 0.2) is 0 Å². The Morgan fingerprint density at radius 1 is 1.25 bits per heavy atom. The maximum Gasteiger partial charge on any atom is 0.0431 e. The molecular weight excluding hydrogens is 200 g/mol. The van der Waals surface area contributed by atoms with Gasteiger partial charge in [-0.1, -0.05) is 12.1 Å². The largest absolute Gasteiger partial charge is 0.369 e. The van der Waals surface area contributed by atoms with Gasteiger partial charge < -0.3 is 10.2 Å². The van der Waals surface area contributed by atoms with E-state index in [0.717, 1.165) is 26.2 Å². The predicted octanol–water partition coefficient (Wildman–Crippen LogP) is 0.621. The second-order valence-corrected chi connectivity index (χ2v) is 4.22. The van der Waals surface area contributed by atoms with Gasteiger partial charge in [-0.25, -0.2) is 0 Å². The summed E-state index contributed by atoms with van der Waals surface area (Å²) in [4.78, 5) is 2.40. The van der Waals surface area contributed by atoms with E-state index in [1.807, 2.05) is 0 Å². The van der Waals surface area contributed by atoms with E-state index in [2.05, 4.69) is 46.8 Å². The number of hydrazine groups is 1. The highest BCUT2D eigenvalue weighted by Crippen LogP contribution is 2.18. The average Bonchev–Trinajstić information content (AvgIpc) is 2.39. The number of nitrogens with zero attached hydrogens (tertiary/aromatic N) is 1. The Labute approximate surface area is 96.8 Å². The van der Waals surface area contributed by atoms with Crippen LogP contribution in [0.5, 0.6) is 0 Å². The van der Waals surface area contributed by atoms with Gasteiger partial charge in [0, 0.05) is 37.9 Å². The summed E-state index contributed by atoms with van der Waals surface area (Å²) in [5, 5.41) is 3.36. The van der Waals surface area contributed by atoms with Gasteiger partial charge >= 0.3 is 0 Å². The van der Waals surface area contributed by atoms with Crippen molar-refractivity contribution in [3.8, 4) is 0 Å². The van der Waals surface area contributed by atoms with E-state index in [1.165, 1.54) is 11.3 Å². The van der Waals surface area contributed by atoms with Crippen molar-refractivity contribution < 1.29 is 0 Å². The zero-order valence-electron chi connectivity index (χ0n) is 9.74. The smallest absolute Gasteiger partial charge is 0.0431 e. The Morgan fingerprint density at radius 2 is 1.88 bits per heavy atom. The number of rotatable bonds is 3. The van der Waals surface area contributed by atoms with Crippen molar-refractivity contribution in [2.24, 2.45) is 5.84 Å². The Hall–Kier alpha value is -1.10. The van der Waals surface area contributed by atoms with Crippen molar-refractivity contribution in [2.75, 3.05) is 31.1 Å². The Balaban J connectivity index is 2.06. The summed E-state index contributed by atoms with van der Waals surface area (Å²) in [6, 6.07) is 8.84. The lowest BCUT2D eigenvalue weighted by Gasteiger charge is -2.29. The maximum atomic E-state index is 5.42. The van der Waals surface area contributed by atoms with E-state index in [-0.39, 0.29) is 6.04 Å². The first-order chi connectivity index (χ1) is 7.81. The van der Waals surface area contributed by atoms with Gasteiger partial charge in [0.05, 0.1) is 0 Å². The standard InChI is InChI=1S/C12H20N4/c1-10(15-13)11-2-4-12(5-3-11)16-8-6-14-7-9-16/h2-5,10,14-15H,6-9,13H2,1H3/t10-/m0/s1. The van der Waals surface area contributed by atoms with Crippen LogP contribution in [0.3, 0.4) is 0 Å². The van der Waals surface area contributed by atoms with Gasteiger partial charge in [-0.2, -0.15) is 0 Å². The fourth-order valence-electron chi connectivity index (χ4n) is 1.99. The Kier molecular flexibility index (Phi) is 3.77. The predicted molar refractivity (Wildman–Crippen MR) is 67.3 cm³/mol. The van der Waals surface area contributed by atoms with E-state index >= 15 is 0 Å². The molecule has 1 aromatic rings. The highest BCUT2D eigenvalue weighted by Gasteiger charge is 2.10. The van der Waals surface area contributed by atoms with Crippen LogP contribution in [-0.4, -0.2) is 26.2 Å². The lowest BCUT2D eigenvalue weighted by molar-refractivity contribution is 0.587. The summed E-state index contributed by atoms with van der Waals surface area (Å²) >= 11 is 0. The summed E-state index contributed by atoms with van der Waals surface area (Å²) in [5.74, 6) is 5.42. The minimum Gasteiger partial charge on any atom is -0.369 e. The van der Waals surface area contributed by atoms with Gasteiger partial charge in [0.1, 0.15) is 0 Å². The summed E-state index contributed by atoms with van der Waals surface area (Å²) in [7, 11) is 0. The highest BCUT2D eigenvalue weighted by molar-refractivity contribution is 5.48. The first-order valence-electron chi connectivity index (χ1n) is 5.83. The maximum absolute atomic E-state index is 5.42. The number of hydrogen-bond acceptors (Lipinski definition) is 4. The number of nitrogens with one attached hydrogen (secondary N) is 2. The summed E-state index contributed by atoms with van der Waals surface area (Å²) in [5.41, 5.74) is 5.28. The summed E-state index contributed by atoms with van der Waals surface area (Å²) in [6.07, 6.45) is 0. The van der Waals surface area contributed by atoms with Crippen LogP contribution < -0.4 is 21.5 Å². The minimum absolute atomic E-state index is 0.206. The van der Waals surface area contributed by atoms with Gasteiger partial charge in [-0.05, 0) is 24.6 Å². The second-order valence-electron chi connectivity index (χ2n) is 4.22. The molecule has 1 fully saturated rings. The number of benzene rings is 1. The van der Waals surface area contributed by atoms with Crippen LogP contribution in [0.25, 0.3) is 0 Å². The number of piperazine rings is 1. The summed E-state index contributed by atoms with van der Waals surface area (Å²) < 4.78 is 0. The van der Waals surface area contributed by atoms with E-state index in [0.29, 0.717) is 0 Å². The van der Waals surface area contributed by atoms with Crippen molar-refractivity contribution in [2.45, 2.75) is 13.0 Å². The van der Waals surface area contributed by atoms with Crippen LogP contribution >= 0.6 is 0 Å². The van der Waals surface area contributed by atoms with Crippen molar-refractivity contribution in [3.05, 3.63) is 29.8 Å². The van der Waals surface area contributed by atoms with Gasteiger partial charge in [0.2, 0.25) is 0 Å². The average molecular weight is 220 g/mol. The van der Waals surface area contributed by atoms with Crippen LogP contribution in [0.15, 0.2) is 24.3 Å². The molecule has 0 aromatic heterocycles. The third kappa shape index (κ3) is 2.52. The van der Waals surface area contributed by atoms with E-state index in [1.54, 1.807) is 0 Å². The molecule has 1 atom stereocenters. The van der Waals surface area contributed by atoms with Gasteiger partial charge in [0.25, 0.3) is 0 Å². The number of anilines is 1. The summed E-state index contributed by atoms with van der Waals surface area (Å²) in [6.45, 7) is 6.37. The molecular formula is C12H20N4. The molecule has 1 aromatic carbocycles. The molecule has 4 nitrogen and oxygen atoms in total. The van der Waals surface area contributed by atoms with Crippen LogP contribution in [0, 0.1) is 0 Å². The Morgan fingerprint density at radius 3 is 2.44 bits per heavy atom. The first kappa shape index (κ1) is 11.4. The molecule has 0 saturated carbocycles. The van der Waals surface area contributed by atoms with Crippen LogP contribution in [0.4, 0.5) is 5.69 Å². The first-order valence-corrected chi connectivity index (χ1v) is 5.83. The number of nitrogens with two attached hydrogens (primary N) is 1. The van der Waals surface area contributed by atoms with Gasteiger partial charge in [-0.15, -0.1) is 0 Å². The number of hydrogen-bond donors (Lipinski definition) is 3. The minimum atomic E-state index is 0.206. The third-order valence-electron chi connectivity index (χ3n) is 3.13.